The van der Waals surface area contributed by atoms with Gasteiger partial charge in [0.05, 0.1) is 30.2 Å². The van der Waals surface area contributed by atoms with Crippen molar-refractivity contribution in [3.63, 3.8) is 0 Å². The Bertz CT molecular complexity index is 1100. The predicted octanol–water partition coefficient (Wildman–Crippen LogP) is 1.25. The van der Waals surface area contributed by atoms with Crippen LogP contribution in [-0.2, 0) is 17.5 Å². The van der Waals surface area contributed by atoms with Crippen LogP contribution in [0.15, 0.2) is 18.5 Å². The number of hydrogen-bond acceptors (Lipinski definition) is 7. The second kappa shape index (κ2) is 8.64. The summed E-state index contributed by atoms with van der Waals surface area (Å²) in [5.41, 5.74) is -1.28. The predicted molar refractivity (Wildman–Crippen MR) is 110 cm³/mol. The van der Waals surface area contributed by atoms with Crippen LogP contribution in [0.3, 0.4) is 0 Å². The maximum Gasteiger partial charge on any atom is 0.417 e. The molecule has 176 valence electrons. The quantitative estimate of drug-likeness (QED) is 0.684. The Hall–Kier alpha value is -3.17. The number of nitrogens with zero attached hydrogens (tertiary/aromatic N) is 6. The first kappa shape index (κ1) is 23.0. The molecule has 2 fully saturated rings. The average molecular weight is 464 g/mol. The molecule has 2 aromatic heterocycles. The Labute approximate surface area is 187 Å². The largest absolute Gasteiger partial charge is 0.417 e. The minimum Gasteiger partial charge on any atom is -0.396 e. The lowest BCUT2D eigenvalue weighted by Gasteiger charge is -2.40. The molecule has 2 aliphatic rings. The van der Waals surface area contributed by atoms with E-state index in [1.807, 2.05) is 6.92 Å². The van der Waals surface area contributed by atoms with E-state index in [-0.39, 0.29) is 55.3 Å². The van der Waals surface area contributed by atoms with E-state index in [1.54, 1.807) is 11.0 Å². The molecule has 33 heavy (non-hydrogen) atoms. The molecule has 2 saturated heterocycles. The third-order valence-electron chi connectivity index (χ3n) is 6.23. The Balaban J connectivity index is 1.62. The molecule has 0 saturated carbocycles. The monoisotopic (exact) mass is 464 g/mol. The summed E-state index contributed by atoms with van der Waals surface area (Å²) in [6.07, 6.45) is -2.01. The van der Waals surface area contributed by atoms with E-state index in [4.69, 9.17) is 0 Å². The third kappa shape index (κ3) is 4.38. The van der Waals surface area contributed by atoms with Crippen molar-refractivity contribution in [1.82, 2.24) is 19.7 Å². The lowest BCUT2D eigenvalue weighted by atomic mass is 10.0. The Morgan fingerprint density at radius 2 is 2.12 bits per heavy atom. The highest BCUT2D eigenvalue weighted by Crippen LogP contribution is 2.39. The molecular weight excluding hydrogens is 441 g/mol. The highest BCUT2D eigenvalue weighted by atomic mass is 19.4. The van der Waals surface area contributed by atoms with Gasteiger partial charge in [-0.15, -0.1) is 0 Å². The number of hydrogen-bond donors (Lipinski definition) is 2. The summed E-state index contributed by atoms with van der Waals surface area (Å²) in [6.45, 7) is 2.26. The first-order valence-electron chi connectivity index (χ1n) is 10.5. The second-order valence-electron chi connectivity index (χ2n) is 8.43. The van der Waals surface area contributed by atoms with Crippen LogP contribution < -0.4 is 4.90 Å². The molecule has 0 unspecified atom stereocenters. The molecule has 1 amide bonds. The van der Waals surface area contributed by atoms with Crippen LogP contribution >= 0.6 is 0 Å². The lowest BCUT2D eigenvalue weighted by molar-refractivity contribution is -0.137. The van der Waals surface area contributed by atoms with Gasteiger partial charge in [0.25, 0.3) is 0 Å². The number of β-amino-alcohol motifs (C(OH)–C–C–N with tert-alkyl or cyclic N) is 1. The van der Waals surface area contributed by atoms with Crippen LogP contribution in [0.25, 0.3) is 11.3 Å². The molecule has 0 radical (unpaired) electrons. The summed E-state index contributed by atoms with van der Waals surface area (Å²) in [5.74, 6) is -0.752. The van der Waals surface area contributed by atoms with E-state index in [0.29, 0.717) is 6.54 Å². The number of aliphatic hydroxyl groups excluding tert-OH is 2. The Morgan fingerprint density at radius 1 is 1.36 bits per heavy atom. The number of likely N-dealkylation sites (tertiary alicyclic amines) is 1. The molecule has 2 N–H and O–H groups in total. The molecule has 0 spiro atoms. The number of halogens is 3. The van der Waals surface area contributed by atoms with Crippen LogP contribution in [0.5, 0.6) is 0 Å². The van der Waals surface area contributed by atoms with Gasteiger partial charge in [0.1, 0.15) is 24.0 Å². The zero-order valence-corrected chi connectivity index (χ0v) is 17.8. The number of anilines is 1. The topological polar surface area (TPSA) is 119 Å². The van der Waals surface area contributed by atoms with Crippen molar-refractivity contribution in [1.29, 1.82) is 5.26 Å². The van der Waals surface area contributed by atoms with Gasteiger partial charge >= 0.3 is 6.18 Å². The molecular formula is C21H23F3N6O3. The number of amides is 1. The molecule has 2 aromatic rings. The molecule has 2 aliphatic heterocycles. The fraction of sp³-hybridized carbons (Fsp3) is 0.524. The Morgan fingerprint density at radius 3 is 2.67 bits per heavy atom. The van der Waals surface area contributed by atoms with Crippen LogP contribution in [0.2, 0.25) is 0 Å². The van der Waals surface area contributed by atoms with Gasteiger partial charge in [-0.3, -0.25) is 9.48 Å². The molecule has 9 nitrogen and oxygen atoms in total. The summed E-state index contributed by atoms with van der Waals surface area (Å²) in [7, 11) is 0. The van der Waals surface area contributed by atoms with Gasteiger partial charge in [-0.2, -0.15) is 23.5 Å². The van der Waals surface area contributed by atoms with Crippen molar-refractivity contribution < 1.29 is 28.2 Å². The Kier molecular flexibility index (Phi) is 6.02. The molecule has 3 atom stereocenters. The van der Waals surface area contributed by atoms with Gasteiger partial charge in [-0.05, 0) is 19.4 Å². The third-order valence-corrected chi connectivity index (χ3v) is 6.23. The van der Waals surface area contributed by atoms with Crippen molar-refractivity contribution in [2.24, 2.45) is 5.92 Å². The number of alkyl halides is 3. The van der Waals surface area contributed by atoms with E-state index >= 15 is 0 Å². The fourth-order valence-corrected chi connectivity index (χ4v) is 4.11. The number of pyridine rings is 1. The molecule has 0 aromatic carbocycles. The summed E-state index contributed by atoms with van der Waals surface area (Å²) in [4.78, 5) is 20.0. The number of carbonyl (C=O) groups is 1. The molecule has 12 heteroatoms. The van der Waals surface area contributed by atoms with Gasteiger partial charge in [0, 0.05) is 43.4 Å². The summed E-state index contributed by atoms with van der Waals surface area (Å²) < 4.78 is 42.5. The smallest absolute Gasteiger partial charge is 0.396 e. The molecule has 4 heterocycles. The zero-order chi connectivity index (χ0) is 23.9. The summed E-state index contributed by atoms with van der Waals surface area (Å²) >= 11 is 0. The normalized spacial score (nSPS) is 22.9. The first-order chi connectivity index (χ1) is 15.6. The SMILES string of the molecule is C[C@H]1CCN1c1nc(-c2cnn(CC(=O)N3C[C@@H](CO)[C@H](O)C3)c2)cc(C(F)(F)F)c1C#N. The van der Waals surface area contributed by atoms with Gasteiger partial charge < -0.3 is 20.0 Å². The minimum absolute atomic E-state index is 0.00561. The van der Waals surface area contributed by atoms with Gasteiger partial charge in [-0.25, -0.2) is 4.98 Å². The molecule has 4 rings (SSSR count). The van der Waals surface area contributed by atoms with Crippen molar-refractivity contribution in [3.8, 4) is 17.3 Å². The van der Waals surface area contributed by atoms with Crippen molar-refractivity contribution >= 4 is 11.7 Å². The van der Waals surface area contributed by atoms with Gasteiger partial charge in [-0.1, -0.05) is 0 Å². The second-order valence-corrected chi connectivity index (χ2v) is 8.43. The number of carbonyl (C=O) groups excluding carboxylic acids is 1. The number of rotatable bonds is 5. The fourth-order valence-electron chi connectivity index (χ4n) is 4.11. The number of nitriles is 1. The van der Waals surface area contributed by atoms with Gasteiger partial charge in [0.15, 0.2) is 0 Å². The van der Waals surface area contributed by atoms with Crippen molar-refractivity contribution in [3.05, 3.63) is 29.6 Å². The molecule has 0 aliphatic carbocycles. The van der Waals surface area contributed by atoms with E-state index in [9.17, 15) is 33.4 Å². The van der Waals surface area contributed by atoms with E-state index in [0.717, 1.165) is 12.5 Å². The van der Waals surface area contributed by atoms with Crippen LogP contribution in [0, 0.1) is 17.2 Å². The lowest BCUT2D eigenvalue weighted by Crippen LogP contribution is -2.46. The summed E-state index contributed by atoms with van der Waals surface area (Å²) in [6, 6.07) is 2.46. The standard InChI is InChI=1S/C21H23F3N6O3/c1-12-2-3-30(12)20-15(5-25)16(21(22,23)24)4-17(27-20)13-6-26-29(8-13)10-19(33)28-7-14(11-31)18(32)9-28/h4,6,8,12,14,18,31-32H,2-3,7,9-11H2,1H3/t12-,14-,18+/m0/s1. The average Bonchev–Trinajstić information content (AvgIpc) is 3.37. The maximum atomic E-state index is 13.7. The maximum absolute atomic E-state index is 13.7. The van der Waals surface area contributed by atoms with E-state index in [1.165, 1.54) is 22.0 Å². The van der Waals surface area contributed by atoms with Crippen LogP contribution in [0.1, 0.15) is 24.5 Å². The van der Waals surface area contributed by atoms with Crippen LogP contribution in [-0.4, -0.2) is 74.2 Å². The van der Waals surface area contributed by atoms with Crippen LogP contribution in [0.4, 0.5) is 19.0 Å². The number of aliphatic hydroxyl groups is 2. The number of aromatic nitrogens is 3. The highest BCUT2D eigenvalue weighted by Gasteiger charge is 2.39. The van der Waals surface area contributed by atoms with Crippen molar-refractivity contribution in [2.75, 3.05) is 31.1 Å². The van der Waals surface area contributed by atoms with E-state index in [2.05, 4.69) is 10.1 Å². The molecule has 0 bridgehead atoms. The summed E-state index contributed by atoms with van der Waals surface area (Å²) in [5, 5.41) is 32.6. The van der Waals surface area contributed by atoms with E-state index < -0.39 is 29.3 Å². The first-order valence-corrected chi connectivity index (χ1v) is 10.5. The van der Waals surface area contributed by atoms with Crippen molar-refractivity contribution in [2.45, 2.75) is 38.2 Å². The zero-order valence-electron chi connectivity index (χ0n) is 17.8. The minimum atomic E-state index is -4.74. The highest BCUT2D eigenvalue weighted by molar-refractivity contribution is 5.76. The van der Waals surface area contributed by atoms with Gasteiger partial charge in [0.2, 0.25) is 5.91 Å².